The predicted molar refractivity (Wildman–Crippen MR) is 115 cm³/mol. The molecule has 2 aromatic carbocycles. The summed E-state index contributed by atoms with van der Waals surface area (Å²) in [7, 11) is 0. The molecule has 2 amide bonds. The van der Waals surface area contributed by atoms with Crippen molar-refractivity contribution in [2.75, 3.05) is 19.7 Å². The normalized spacial score (nSPS) is 19.2. The van der Waals surface area contributed by atoms with E-state index in [9.17, 15) is 9.59 Å². The number of carbonyl (C=O) groups excluding carboxylic acids is 2. The van der Waals surface area contributed by atoms with Gasteiger partial charge < -0.3 is 15.4 Å². The van der Waals surface area contributed by atoms with E-state index in [1.54, 1.807) is 0 Å². The minimum Gasteiger partial charge on any atom is -0.494 e. The van der Waals surface area contributed by atoms with E-state index in [0.717, 1.165) is 24.2 Å². The summed E-state index contributed by atoms with van der Waals surface area (Å²) < 4.78 is 5.73. The van der Waals surface area contributed by atoms with Crippen LogP contribution >= 0.6 is 0 Å². The lowest BCUT2D eigenvalue weighted by Crippen LogP contribution is -2.56. The molecule has 0 saturated carbocycles. The summed E-state index contributed by atoms with van der Waals surface area (Å²) in [6.07, 6.45) is 1.87. The third kappa shape index (κ3) is 4.65. The molecule has 0 bridgehead atoms. The van der Waals surface area contributed by atoms with E-state index in [-0.39, 0.29) is 24.3 Å². The molecule has 2 aliphatic rings. The second kappa shape index (κ2) is 9.30. The Kier molecular flexibility index (Phi) is 6.33. The molecule has 1 atom stereocenters. The molecule has 1 aliphatic carbocycles. The summed E-state index contributed by atoms with van der Waals surface area (Å²) in [5, 5.41) is 6.05. The monoisotopic (exact) mass is 407 g/mol. The molecule has 0 radical (unpaired) electrons. The van der Waals surface area contributed by atoms with Crippen LogP contribution in [0.4, 0.5) is 0 Å². The minimum atomic E-state index is -0.475. The van der Waals surface area contributed by atoms with Crippen LogP contribution in [0.2, 0.25) is 0 Å². The number of rotatable bonds is 7. The molecule has 6 heteroatoms. The van der Waals surface area contributed by atoms with E-state index in [1.807, 2.05) is 43.3 Å². The maximum atomic E-state index is 12.8. The first-order chi connectivity index (χ1) is 14.6. The van der Waals surface area contributed by atoms with Crippen molar-refractivity contribution >= 4 is 11.8 Å². The maximum Gasteiger partial charge on any atom is 0.237 e. The SMILES string of the molecule is CCOc1ccccc1CN1CCNC(=O)C1CC(=O)NC1Cc2ccccc2C1. The molecule has 1 unspecified atom stereocenters. The van der Waals surface area contributed by atoms with Gasteiger partial charge in [-0.15, -0.1) is 0 Å². The molecule has 2 aromatic rings. The molecule has 1 aliphatic heterocycles. The lowest BCUT2D eigenvalue weighted by molar-refractivity contribution is -0.134. The Labute approximate surface area is 177 Å². The highest BCUT2D eigenvalue weighted by Crippen LogP contribution is 2.24. The van der Waals surface area contributed by atoms with Gasteiger partial charge in [0, 0.05) is 31.2 Å². The molecule has 1 fully saturated rings. The molecule has 158 valence electrons. The second-order valence-electron chi connectivity index (χ2n) is 7.96. The van der Waals surface area contributed by atoms with E-state index in [0.29, 0.717) is 26.2 Å². The lowest BCUT2D eigenvalue weighted by atomic mass is 10.1. The third-order valence-corrected chi connectivity index (χ3v) is 5.88. The number of hydrogen-bond acceptors (Lipinski definition) is 4. The number of carbonyl (C=O) groups is 2. The number of amides is 2. The van der Waals surface area contributed by atoms with Crippen molar-refractivity contribution in [2.45, 2.75) is 44.8 Å². The van der Waals surface area contributed by atoms with Crippen molar-refractivity contribution in [3.8, 4) is 5.75 Å². The minimum absolute atomic E-state index is 0.0713. The van der Waals surface area contributed by atoms with Crippen molar-refractivity contribution in [1.82, 2.24) is 15.5 Å². The van der Waals surface area contributed by atoms with Crippen LogP contribution in [0.25, 0.3) is 0 Å². The van der Waals surface area contributed by atoms with Crippen LogP contribution in [0.3, 0.4) is 0 Å². The van der Waals surface area contributed by atoms with Crippen molar-refractivity contribution in [1.29, 1.82) is 0 Å². The van der Waals surface area contributed by atoms with Crippen LogP contribution in [-0.2, 0) is 29.0 Å². The smallest absolute Gasteiger partial charge is 0.237 e. The van der Waals surface area contributed by atoms with Crippen LogP contribution in [0.15, 0.2) is 48.5 Å². The molecule has 1 saturated heterocycles. The van der Waals surface area contributed by atoms with Gasteiger partial charge >= 0.3 is 0 Å². The maximum absolute atomic E-state index is 12.8. The molecule has 6 nitrogen and oxygen atoms in total. The predicted octanol–water partition coefficient (Wildman–Crippen LogP) is 2.06. The zero-order valence-electron chi connectivity index (χ0n) is 17.4. The number of fused-ring (bicyclic) bond motifs is 1. The Morgan fingerprint density at radius 1 is 1.13 bits per heavy atom. The molecule has 30 heavy (non-hydrogen) atoms. The number of nitrogens with zero attached hydrogens (tertiary/aromatic N) is 1. The van der Waals surface area contributed by atoms with Gasteiger partial charge in [-0.05, 0) is 37.0 Å². The fourth-order valence-electron chi connectivity index (χ4n) is 4.45. The second-order valence-corrected chi connectivity index (χ2v) is 7.96. The first-order valence-electron chi connectivity index (χ1n) is 10.7. The molecule has 0 spiro atoms. The van der Waals surface area contributed by atoms with Gasteiger partial charge in [-0.3, -0.25) is 14.5 Å². The molecule has 4 rings (SSSR count). The van der Waals surface area contributed by atoms with Gasteiger partial charge in [0.05, 0.1) is 19.1 Å². The average Bonchev–Trinajstić information content (AvgIpc) is 3.14. The van der Waals surface area contributed by atoms with Crippen LogP contribution in [-0.4, -0.2) is 48.5 Å². The fourth-order valence-corrected chi connectivity index (χ4v) is 4.45. The zero-order valence-corrected chi connectivity index (χ0v) is 17.4. The number of para-hydroxylation sites is 1. The van der Waals surface area contributed by atoms with E-state index < -0.39 is 6.04 Å². The largest absolute Gasteiger partial charge is 0.494 e. The van der Waals surface area contributed by atoms with Gasteiger partial charge in [-0.25, -0.2) is 0 Å². The molecule has 0 aromatic heterocycles. The van der Waals surface area contributed by atoms with E-state index in [1.165, 1.54) is 11.1 Å². The Morgan fingerprint density at radius 2 is 1.83 bits per heavy atom. The first-order valence-corrected chi connectivity index (χ1v) is 10.7. The summed E-state index contributed by atoms with van der Waals surface area (Å²) >= 11 is 0. The topological polar surface area (TPSA) is 70.7 Å². The summed E-state index contributed by atoms with van der Waals surface area (Å²) in [5.41, 5.74) is 3.63. The summed E-state index contributed by atoms with van der Waals surface area (Å²) in [5.74, 6) is 0.677. The number of benzene rings is 2. The highest BCUT2D eigenvalue weighted by molar-refractivity contribution is 5.89. The average molecular weight is 408 g/mol. The van der Waals surface area contributed by atoms with Crippen molar-refractivity contribution < 1.29 is 14.3 Å². The Balaban J connectivity index is 1.40. The standard InChI is InChI=1S/C24H29N3O3/c1-2-30-22-10-6-5-9-19(22)16-27-12-11-25-24(29)21(27)15-23(28)26-20-13-17-7-3-4-8-18(17)14-20/h3-10,20-21H,2,11-16H2,1H3,(H,25,29)(H,26,28). The molecule has 2 N–H and O–H groups in total. The van der Waals surface area contributed by atoms with Gasteiger partial charge in [0.2, 0.25) is 11.8 Å². The summed E-state index contributed by atoms with van der Waals surface area (Å²) in [6.45, 7) is 4.42. The van der Waals surface area contributed by atoms with Crippen LogP contribution in [0, 0.1) is 0 Å². The van der Waals surface area contributed by atoms with Crippen molar-refractivity contribution in [3.63, 3.8) is 0 Å². The Hall–Kier alpha value is -2.86. The van der Waals surface area contributed by atoms with Gasteiger partial charge in [0.25, 0.3) is 0 Å². The van der Waals surface area contributed by atoms with Crippen LogP contribution in [0.5, 0.6) is 5.75 Å². The van der Waals surface area contributed by atoms with Gasteiger partial charge in [-0.1, -0.05) is 42.5 Å². The third-order valence-electron chi connectivity index (χ3n) is 5.88. The lowest BCUT2D eigenvalue weighted by Gasteiger charge is -2.35. The summed E-state index contributed by atoms with van der Waals surface area (Å²) in [4.78, 5) is 27.5. The van der Waals surface area contributed by atoms with E-state index in [4.69, 9.17) is 4.74 Å². The van der Waals surface area contributed by atoms with E-state index in [2.05, 4.69) is 27.7 Å². The summed E-state index contributed by atoms with van der Waals surface area (Å²) in [6, 6.07) is 15.8. The molecular weight excluding hydrogens is 378 g/mol. The molecular formula is C24H29N3O3. The van der Waals surface area contributed by atoms with Crippen LogP contribution < -0.4 is 15.4 Å². The van der Waals surface area contributed by atoms with Crippen LogP contribution in [0.1, 0.15) is 30.0 Å². The Bertz CT molecular complexity index is 889. The van der Waals surface area contributed by atoms with Gasteiger partial charge in [0.15, 0.2) is 0 Å². The number of ether oxygens (including phenoxy) is 1. The number of piperazine rings is 1. The molecule has 1 heterocycles. The van der Waals surface area contributed by atoms with E-state index >= 15 is 0 Å². The van der Waals surface area contributed by atoms with Gasteiger partial charge in [-0.2, -0.15) is 0 Å². The van der Waals surface area contributed by atoms with Gasteiger partial charge in [0.1, 0.15) is 5.75 Å². The van der Waals surface area contributed by atoms with Crippen molar-refractivity contribution in [3.05, 3.63) is 65.2 Å². The first kappa shape index (κ1) is 20.4. The zero-order chi connectivity index (χ0) is 20.9. The fraction of sp³-hybridized carbons (Fsp3) is 0.417. The highest BCUT2D eigenvalue weighted by Gasteiger charge is 2.33. The number of hydrogen-bond donors (Lipinski definition) is 2. The number of nitrogens with one attached hydrogen (secondary N) is 2. The Morgan fingerprint density at radius 3 is 2.57 bits per heavy atom. The van der Waals surface area contributed by atoms with Crippen molar-refractivity contribution in [2.24, 2.45) is 0 Å². The highest BCUT2D eigenvalue weighted by atomic mass is 16.5. The quantitative estimate of drug-likeness (QED) is 0.737.